The quantitative estimate of drug-likeness (QED) is 0.504. The van der Waals surface area contributed by atoms with Crippen molar-refractivity contribution >= 4 is 11.6 Å². The van der Waals surface area contributed by atoms with Gasteiger partial charge in [0.05, 0.1) is 25.0 Å². The Kier molecular flexibility index (Phi) is 6.72. The van der Waals surface area contributed by atoms with E-state index in [1.165, 1.54) is 0 Å². The van der Waals surface area contributed by atoms with E-state index in [9.17, 15) is 4.79 Å². The number of amides is 1. The summed E-state index contributed by atoms with van der Waals surface area (Å²) in [6.45, 7) is 1.87. The van der Waals surface area contributed by atoms with Crippen molar-refractivity contribution in [3.63, 3.8) is 0 Å². The minimum Gasteiger partial charge on any atom is -0.496 e. The smallest absolute Gasteiger partial charge is 0.241 e. The van der Waals surface area contributed by atoms with Crippen LogP contribution in [0.15, 0.2) is 48.8 Å². The highest BCUT2D eigenvalue weighted by atomic mass is 16.5. The maximum absolute atomic E-state index is 13.1. The lowest BCUT2D eigenvalue weighted by Crippen LogP contribution is -2.44. The topological polar surface area (TPSA) is 91.5 Å². The van der Waals surface area contributed by atoms with Crippen molar-refractivity contribution in [3.05, 3.63) is 59.9 Å². The Bertz CT molecular complexity index is 1070. The Morgan fingerprint density at radius 2 is 2.09 bits per heavy atom. The Morgan fingerprint density at radius 1 is 1.22 bits per heavy atom. The molecular formula is C24H29N5O3. The first-order valence-corrected chi connectivity index (χ1v) is 10.6. The summed E-state index contributed by atoms with van der Waals surface area (Å²) in [7, 11) is 5.66. The zero-order valence-corrected chi connectivity index (χ0v) is 18.6. The Morgan fingerprint density at radius 3 is 2.84 bits per heavy atom. The van der Waals surface area contributed by atoms with Crippen molar-refractivity contribution in [2.75, 3.05) is 39.7 Å². The molecule has 168 valence electrons. The van der Waals surface area contributed by atoms with Crippen molar-refractivity contribution in [3.8, 4) is 22.6 Å². The number of likely N-dealkylation sites (N-methyl/N-ethyl adjacent to an activating group) is 1. The molecule has 0 bridgehead atoms. The molecule has 32 heavy (non-hydrogen) atoms. The fourth-order valence-corrected chi connectivity index (χ4v) is 3.79. The number of fused-ring (bicyclic) bond motifs is 1. The Labute approximate surface area is 187 Å². The number of ether oxygens (including phenoxy) is 2. The minimum absolute atomic E-state index is 0.0907. The second-order valence-corrected chi connectivity index (χ2v) is 8.07. The van der Waals surface area contributed by atoms with Gasteiger partial charge in [-0.3, -0.25) is 9.89 Å². The van der Waals surface area contributed by atoms with Gasteiger partial charge in [-0.2, -0.15) is 5.10 Å². The average Bonchev–Trinajstić information content (AvgIpc) is 3.34. The molecule has 1 aromatic heterocycles. The van der Waals surface area contributed by atoms with Crippen LogP contribution in [-0.2, 0) is 17.8 Å². The molecule has 0 aliphatic carbocycles. The highest BCUT2D eigenvalue weighted by Crippen LogP contribution is 2.32. The number of aromatic amines is 1. The summed E-state index contributed by atoms with van der Waals surface area (Å²) in [5.74, 6) is 1.39. The normalized spacial score (nSPS) is 15.3. The van der Waals surface area contributed by atoms with Gasteiger partial charge in [-0.25, -0.2) is 0 Å². The molecule has 0 spiro atoms. The number of carbonyl (C=O) groups excluding carboxylic acids is 1. The molecule has 0 radical (unpaired) electrons. The highest BCUT2D eigenvalue weighted by Gasteiger charge is 2.26. The van der Waals surface area contributed by atoms with E-state index in [4.69, 9.17) is 9.47 Å². The number of carbonyl (C=O) groups is 1. The van der Waals surface area contributed by atoms with Crippen molar-refractivity contribution in [2.45, 2.75) is 19.0 Å². The van der Waals surface area contributed by atoms with Crippen molar-refractivity contribution < 1.29 is 14.3 Å². The van der Waals surface area contributed by atoms with E-state index >= 15 is 0 Å². The van der Waals surface area contributed by atoms with E-state index in [2.05, 4.69) is 31.8 Å². The van der Waals surface area contributed by atoms with E-state index in [1.54, 1.807) is 13.3 Å². The third-order valence-electron chi connectivity index (χ3n) is 5.58. The number of hydrogen-bond acceptors (Lipinski definition) is 6. The predicted molar refractivity (Wildman–Crippen MR) is 124 cm³/mol. The van der Waals surface area contributed by atoms with Gasteiger partial charge < -0.3 is 25.0 Å². The molecule has 3 N–H and O–H groups in total. The SMILES string of the molecule is COc1cccc2c1CNC(C(=O)Nc1ccc(-c3cn[nH]c3)cc1OCCN(C)C)C2. The first kappa shape index (κ1) is 21.9. The number of aromatic nitrogens is 2. The molecule has 2 aromatic carbocycles. The van der Waals surface area contributed by atoms with Crippen LogP contribution in [0.1, 0.15) is 11.1 Å². The Balaban J connectivity index is 1.51. The van der Waals surface area contributed by atoms with Gasteiger partial charge in [0.1, 0.15) is 18.1 Å². The van der Waals surface area contributed by atoms with Gasteiger partial charge in [-0.1, -0.05) is 18.2 Å². The van der Waals surface area contributed by atoms with Crippen LogP contribution >= 0.6 is 0 Å². The molecule has 8 nitrogen and oxygen atoms in total. The van der Waals surface area contributed by atoms with Crippen LogP contribution in [0.3, 0.4) is 0 Å². The van der Waals surface area contributed by atoms with E-state index in [-0.39, 0.29) is 11.9 Å². The summed E-state index contributed by atoms with van der Waals surface area (Å²) in [4.78, 5) is 15.1. The molecule has 3 aromatic rings. The lowest BCUT2D eigenvalue weighted by molar-refractivity contribution is -0.118. The molecule has 0 saturated heterocycles. The van der Waals surface area contributed by atoms with Crippen LogP contribution in [0.2, 0.25) is 0 Å². The van der Waals surface area contributed by atoms with Crippen LogP contribution in [-0.4, -0.2) is 61.4 Å². The predicted octanol–water partition coefficient (Wildman–Crippen LogP) is 2.68. The average molecular weight is 436 g/mol. The number of hydrogen-bond donors (Lipinski definition) is 3. The molecule has 1 atom stereocenters. The van der Waals surface area contributed by atoms with Crippen molar-refractivity contribution in [2.24, 2.45) is 0 Å². The highest BCUT2D eigenvalue weighted by molar-refractivity contribution is 5.97. The van der Waals surface area contributed by atoms with Crippen LogP contribution in [0, 0.1) is 0 Å². The third kappa shape index (κ3) is 4.92. The zero-order valence-electron chi connectivity index (χ0n) is 18.6. The number of nitrogens with one attached hydrogen (secondary N) is 3. The summed E-state index contributed by atoms with van der Waals surface area (Å²) in [6, 6.07) is 11.4. The number of rotatable bonds is 8. The van der Waals surface area contributed by atoms with E-state index < -0.39 is 0 Å². The van der Waals surface area contributed by atoms with Gasteiger partial charge in [0.2, 0.25) is 5.91 Å². The Hall–Kier alpha value is -3.36. The van der Waals surface area contributed by atoms with Gasteiger partial charge in [0.25, 0.3) is 0 Å². The number of H-pyrrole nitrogens is 1. The van der Waals surface area contributed by atoms with Crippen LogP contribution in [0.5, 0.6) is 11.5 Å². The van der Waals surface area contributed by atoms with E-state index in [1.807, 2.05) is 50.6 Å². The lowest BCUT2D eigenvalue weighted by Gasteiger charge is -2.27. The van der Waals surface area contributed by atoms with Crippen LogP contribution < -0.4 is 20.1 Å². The fourth-order valence-electron chi connectivity index (χ4n) is 3.79. The number of anilines is 1. The van der Waals surface area contributed by atoms with Crippen LogP contribution in [0.4, 0.5) is 5.69 Å². The molecule has 1 aliphatic rings. The summed E-state index contributed by atoms with van der Waals surface area (Å²) in [6.07, 6.45) is 4.19. The first-order valence-electron chi connectivity index (χ1n) is 10.6. The second kappa shape index (κ2) is 9.84. The maximum atomic E-state index is 13.1. The standard InChI is InChI=1S/C24H29N5O3/c1-29(2)9-10-32-23-12-16(18-13-26-27-14-18)7-8-20(23)28-24(30)21-11-17-5-4-6-22(31-3)19(17)15-25-21/h4-8,12-14,21,25H,9-11,15H2,1-3H3,(H,26,27)(H,28,30). The van der Waals surface area contributed by atoms with E-state index in [0.29, 0.717) is 31.0 Å². The molecular weight excluding hydrogens is 406 g/mol. The molecule has 2 heterocycles. The second-order valence-electron chi connectivity index (χ2n) is 8.07. The summed E-state index contributed by atoms with van der Waals surface area (Å²) < 4.78 is 11.5. The lowest BCUT2D eigenvalue weighted by atomic mass is 9.94. The molecule has 0 fully saturated rings. The molecule has 1 amide bonds. The molecule has 1 aliphatic heterocycles. The van der Waals surface area contributed by atoms with Gasteiger partial charge in [-0.15, -0.1) is 0 Å². The van der Waals surface area contributed by atoms with Gasteiger partial charge in [0.15, 0.2) is 0 Å². The first-order chi connectivity index (χ1) is 15.5. The fraction of sp³-hybridized carbons (Fsp3) is 0.333. The summed E-state index contributed by atoms with van der Waals surface area (Å²) in [5.41, 5.74) is 4.81. The van der Waals surface area contributed by atoms with Gasteiger partial charge in [-0.05, 0) is 49.8 Å². The summed E-state index contributed by atoms with van der Waals surface area (Å²) in [5, 5.41) is 13.2. The van der Waals surface area contributed by atoms with Crippen LogP contribution in [0.25, 0.3) is 11.1 Å². The van der Waals surface area contributed by atoms with Crippen molar-refractivity contribution in [1.82, 2.24) is 20.4 Å². The molecule has 1 unspecified atom stereocenters. The molecule has 4 rings (SSSR count). The maximum Gasteiger partial charge on any atom is 0.241 e. The minimum atomic E-state index is -0.335. The number of nitrogens with zero attached hydrogens (tertiary/aromatic N) is 2. The van der Waals surface area contributed by atoms with Crippen molar-refractivity contribution in [1.29, 1.82) is 0 Å². The van der Waals surface area contributed by atoms with Gasteiger partial charge in [0, 0.05) is 30.4 Å². The molecule has 8 heteroatoms. The van der Waals surface area contributed by atoms with Gasteiger partial charge >= 0.3 is 0 Å². The van der Waals surface area contributed by atoms with E-state index in [0.717, 1.165) is 34.5 Å². The number of methoxy groups -OCH3 is 1. The monoisotopic (exact) mass is 435 g/mol. The zero-order chi connectivity index (χ0) is 22.5. The third-order valence-corrected chi connectivity index (χ3v) is 5.58. The largest absolute Gasteiger partial charge is 0.496 e. The summed E-state index contributed by atoms with van der Waals surface area (Å²) >= 11 is 0. The number of benzene rings is 2. The molecule has 0 saturated carbocycles.